The first kappa shape index (κ1) is 26.7. The fraction of sp³-hybridized carbons (Fsp3) is 0.214. The van der Waals surface area contributed by atoms with E-state index >= 15 is 0 Å². The maximum Gasteiger partial charge on any atom is 0.256 e. The monoisotopic (exact) mass is 477 g/mol. The number of aryl methyl sites for hydroxylation is 1. The lowest BCUT2D eigenvalue weighted by molar-refractivity contribution is 0.102. The van der Waals surface area contributed by atoms with Crippen molar-refractivity contribution in [1.82, 2.24) is 4.98 Å². The third-order valence-electron chi connectivity index (χ3n) is 5.05. The Kier molecular flexibility index (Phi) is 9.90. The standard InChI is InChI=1S/C26H25N3O2.C2H6.ClH/c1-18-15-25(29(2)3)23-16-20(13-14-24(23)27-18)28-26(30)22-12-8-7-9-19(22)17-31-21-10-5-4-6-11-21;1-2;/h4-16H,17H2,1-3H3,(H,28,30);1-2H3;1H. The van der Waals surface area contributed by atoms with Crippen molar-refractivity contribution in [3.8, 4) is 5.75 Å². The van der Waals surface area contributed by atoms with Crippen molar-refractivity contribution in [3.05, 3.63) is 95.7 Å². The molecule has 0 spiro atoms. The summed E-state index contributed by atoms with van der Waals surface area (Å²) < 4.78 is 5.85. The van der Waals surface area contributed by atoms with Crippen LogP contribution in [-0.2, 0) is 6.61 Å². The molecule has 1 N–H and O–H groups in total. The molecular weight excluding hydrogens is 446 g/mol. The number of para-hydroxylation sites is 1. The molecule has 6 heteroatoms. The van der Waals surface area contributed by atoms with E-state index in [1.54, 1.807) is 0 Å². The van der Waals surface area contributed by atoms with Crippen LogP contribution < -0.4 is 15.0 Å². The predicted octanol–water partition coefficient (Wildman–Crippen LogP) is 6.89. The first-order valence-electron chi connectivity index (χ1n) is 11.2. The molecule has 0 aliphatic rings. The molecule has 0 saturated heterocycles. The van der Waals surface area contributed by atoms with E-state index < -0.39 is 0 Å². The van der Waals surface area contributed by atoms with Crippen molar-refractivity contribution < 1.29 is 9.53 Å². The maximum atomic E-state index is 13.1. The van der Waals surface area contributed by atoms with Gasteiger partial charge >= 0.3 is 0 Å². The summed E-state index contributed by atoms with van der Waals surface area (Å²) in [6, 6.07) is 24.9. The molecule has 0 fully saturated rings. The summed E-state index contributed by atoms with van der Waals surface area (Å²) in [6.45, 7) is 6.30. The number of carbonyl (C=O) groups is 1. The molecule has 34 heavy (non-hydrogen) atoms. The number of aromatic nitrogens is 1. The number of benzene rings is 3. The van der Waals surface area contributed by atoms with Crippen molar-refractivity contribution in [1.29, 1.82) is 0 Å². The van der Waals surface area contributed by atoms with Gasteiger partial charge in [0.1, 0.15) is 12.4 Å². The van der Waals surface area contributed by atoms with E-state index in [9.17, 15) is 4.79 Å². The van der Waals surface area contributed by atoms with Gasteiger partial charge < -0.3 is 15.0 Å². The van der Waals surface area contributed by atoms with Crippen LogP contribution in [0.25, 0.3) is 10.9 Å². The average molecular weight is 478 g/mol. The molecule has 5 nitrogen and oxygen atoms in total. The van der Waals surface area contributed by atoms with E-state index in [1.807, 2.05) is 114 Å². The summed E-state index contributed by atoms with van der Waals surface area (Å²) in [7, 11) is 4.00. The Bertz CT molecular complexity index is 1230. The first-order chi connectivity index (χ1) is 16.0. The summed E-state index contributed by atoms with van der Waals surface area (Å²) in [5.74, 6) is 0.601. The molecule has 0 bridgehead atoms. The Morgan fingerprint density at radius 3 is 2.32 bits per heavy atom. The summed E-state index contributed by atoms with van der Waals surface area (Å²) in [6.07, 6.45) is 0. The minimum Gasteiger partial charge on any atom is -0.489 e. The van der Waals surface area contributed by atoms with Crippen LogP contribution in [0.4, 0.5) is 11.4 Å². The zero-order valence-electron chi connectivity index (χ0n) is 20.3. The molecule has 0 unspecified atom stereocenters. The minimum atomic E-state index is -0.168. The predicted molar refractivity (Wildman–Crippen MR) is 145 cm³/mol. The van der Waals surface area contributed by atoms with Crippen molar-refractivity contribution in [2.45, 2.75) is 27.4 Å². The van der Waals surface area contributed by atoms with Gasteiger partial charge in [-0.15, -0.1) is 12.4 Å². The lowest BCUT2D eigenvalue weighted by atomic mass is 10.1. The van der Waals surface area contributed by atoms with Crippen LogP contribution in [-0.4, -0.2) is 25.0 Å². The number of anilines is 2. The Morgan fingerprint density at radius 1 is 0.941 bits per heavy atom. The van der Waals surface area contributed by atoms with Crippen LogP contribution in [0, 0.1) is 6.92 Å². The Morgan fingerprint density at radius 2 is 1.62 bits per heavy atom. The number of nitrogens with zero attached hydrogens (tertiary/aromatic N) is 2. The van der Waals surface area contributed by atoms with Crippen molar-refractivity contribution in [3.63, 3.8) is 0 Å². The highest BCUT2D eigenvalue weighted by atomic mass is 35.5. The molecule has 4 rings (SSSR count). The SMILES string of the molecule is CC.Cc1cc(N(C)C)c2cc(NC(=O)c3ccccc3COc3ccccc3)ccc2n1.Cl. The molecule has 1 heterocycles. The van der Waals surface area contributed by atoms with Crippen LogP contribution in [0.1, 0.15) is 35.5 Å². The molecular formula is C28H32ClN3O2. The van der Waals surface area contributed by atoms with Crippen LogP contribution in [0.15, 0.2) is 78.9 Å². The van der Waals surface area contributed by atoms with Gasteiger partial charge in [-0.2, -0.15) is 0 Å². The fourth-order valence-corrected chi connectivity index (χ4v) is 3.53. The smallest absolute Gasteiger partial charge is 0.256 e. The van der Waals surface area contributed by atoms with Gasteiger partial charge in [0.15, 0.2) is 0 Å². The van der Waals surface area contributed by atoms with Gasteiger partial charge in [-0.3, -0.25) is 9.78 Å². The number of carbonyl (C=O) groups excluding carboxylic acids is 1. The number of fused-ring (bicyclic) bond motifs is 1. The lowest BCUT2D eigenvalue weighted by Crippen LogP contribution is -2.15. The molecule has 0 atom stereocenters. The van der Waals surface area contributed by atoms with Crippen molar-refractivity contribution in [2.75, 3.05) is 24.3 Å². The maximum absolute atomic E-state index is 13.1. The van der Waals surface area contributed by atoms with Crippen molar-refractivity contribution >= 4 is 40.6 Å². The molecule has 0 saturated carbocycles. The second-order valence-corrected chi connectivity index (χ2v) is 7.62. The summed E-state index contributed by atoms with van der Waals surface area (Å²) in [5, 5.41) is 4.02. The zero-order valence-corrected chi connectivity index (χ0v) is 21.1. The molecule has 0 aliphatic carbocycles. The van der Waals surface area contributed by atoms with Gasteiger partial charge in [0, 0.05) is 47.7 Å². The lowest BCUT2D eigenvalue weighted by Gasteiger charge is -2.17. The number of pyridine rings is 1. The fourth-order valence-electron chi connectivity index (χ4n) is 3.53. The van der Waals surface area contributed by atoms with Gasteiger partial charge in [-0.1, -0.05) is 50.2 Å². The van der Waals surface area contributed by atoms with Crippen LogP contribution in [0.3, 0.4) is 0 Å². The van der Waals surface area contributed by atoms with Crippen molar-refractivity contribution in [2.24, 2.45) is 0 Å². The average Bonchev–Trinajstić information content (AvgIpc) is 2.84. The molecule has 4 aromatic rings. The quantitative estimate of drug-likeness (QED) is 0.328. The van der Waals surface area contributed by atoms with Gasteiger partial charge in [0.2, 0.25) is 0 Å². The molecule has 0 aliphatic heterocycles. The van der Waals surface area contributed by atoms with E-state index in [1.165, 1.54) is 0 Å². The summed E-state index contributed by atoms with van der Waals surface area (Å²) in [5.41, 5.74) is 5.07. The van der Waals surface area contributed by atoms with E-state index in [-0.39, 0.29) is 18.3 Å². The minimum absolute atomic E-state index is 0. The van der Waals surface area contributed by atoms with E-state index in [2.05, 4.69) is 15.2 Å². The largest absolute Gasteiger partial charge is 0.489 e. The molecule has 0 radical (unpaired) electrons. The number of rotatable bonds is 6. The summed E-state index contributed by atoms with van der Waals surface area (Å²) >= 11 is 0. The third kappa shape index (κ3) is 6.49. The number of ether oxygens (including phenoxy) is 1. The number of halogens is 1. The molecule has 3 aromatic carbocycles. The third-order valence-corrected chi connectivity index (χ3v) is 5.05. The first-order valence-corrected chi connectivity index (χ1v) is 11.2. The van der Waals surface area contributed by atoms with Gasteiger partial charge in [-0.25, -0.2) is 0 Å². The van der Waals surface area contributed by atoms with E-state index in [0.717, 1.165) is 39.3 Å². The van der Waals surface area contributed by atoms with Crippen LogP contribution in [0.2, 0.25) is 0 Å². The number of hydrogen-bond donors (Lipinski definition) is 1. The highest BCUT2D eigenvalue weighted by molar-refractivity contribution is 6.06. The highest BCUT2D eigenvalue weighted by Crippen LogP contribution is 2.28. The Balaban J connectivity index is 0.00000133. The Labute approximate surface area is 208 Å². The van der Waals surface area contributed by atoms with Crippen LogP contribution >= 0.6 is 12.4 Å². The molecule has 1 amide bonds. The number of nitrogens with one attached hydrogen (secondary N) is 1. The van der Waals surface area contributed by atoms with E-state index in [0.29, 0.717) is 12.2 Å². The normalized spacial score (nSPS) is 9.91. The summed E-state index contributed by atoms with van der Waals surface area (Å²) in [4.78, 5) is 19.7. The topological polar surface area (TPSA) is 54.5 Å². The van der Waals surface area contributed by atoms with Gasteiger partial charge in [0.25, 0.3) is 5.91 Å². The van der Waals surface area contributed by atoms with Gasteiger partial charge in [-0.05, 0) is 49.4 Å². The molecule has 178 valence electrons. The Hall–Kier alpha value is -3.57. The van der Waals surface area contributed by atoms with E-state index in [4.69, 9.17) is 4.74 Å². The van der Waals surface area contributed by atoms with Gasteiger partial charge in [0.05, 0.1) is 5.52 Å². The highest BCUT2D eigenvalue weighted by Gasteiger charge is 2.13. The zero-order chi connectivity index (χ0) is 23.8. The second-order valence-electron chi connectivity index (χ2n) is 7.62. The molecule has 1 aromatic heterocycles. The van der Waals surface area contributed by atoms with Crippen LogP contribution in [0.5, 0.6) is 5.75 Å². The number of amides is 1. The number of hydrogen-bond acceptors (Lipinski definition) is 4. The second kappa shape index (κ2) is 12.6.